The van der Waals surface area contributed by atoms with E-state index in [1.165, 1.54) is 18.2 Å². The highest BCUT2D eigenvalue weighted by atomic mass is 19.1. The molecule has 8 heteroatoms. The van der Waals surface area contributed by atoms with Crippen LogP contribution in [0.3, 0.4) is 0 Å². The highest BCUT2D eigenvalue weighted by Crippen LogP contribution is 2.30. The fourth-order valence-corrected chi connectivity index (χ4v) is 4.07. The molecule has 2 aromatic carbocycles. The molecule has 0 N–H and O–H groups in total. The molecule has 0 aliphatic carbocycles. The van der Waals surface area contributed by atoms with E-state index in [9.17, 15) is 19.3 Å². The van der Waals surface area contributed by atoms with Crippen LogP contribution in [-0.4, -0.2) is 55.0 Å². The minimum atomic E-state index is -0.472. The molecular weight excluding hydrogens is 375 g/mol. The first-order valence-electron chi connectivity index (χ1n) is 9.87. The van der Waals surface area contributed by atoms with Gasteiger partial charge in [0, 0.05) is 51.4 Å². The van der Waals surface area contributed by atoms with Crippen molar-refractivity contribution in [2.75, 3.05) is 49.1 Å². The summed E-state index contributed by atoms with van der Waals surface area (Å²) < 4.78 is 14.0. The van der Waals surface area contributed by atoms with Crippen LogP contribution < -0.4 is 9.80 Å². The number of nitro benzene ring substituents is 1. The molecule has 2 aliphatic rings. The lowest BCUT2D eigenvalue weighted by atomic mass is 10.1. The Kier molecular flexibility index (Phi) is 5.33. The van der Waals surface area contributed by atoms with Gasteiger partial charge in [0.2, 0.25) is 0 Å². The molecule has 7 nitrogen and oxygen atoms in total. The lowest BCUT2D eigenvalue weighted by Crippen LogP contribution is -2.49. The number of para-hydroxylation sites is 1. The Hall–Kier alpha value is -3.16. The zero-order chi connectivity index (χ0) is 20.4. The number of hydrogen-bond acceptors (Lipinski definition) is 5. The number of nitro groups is 1. The second-order valence-electron chi connectivity index (χ2n) is 7.38. The number of carbonyl (C=O) groups is 1. The van der Waals surface area contributed by atoms with Crippen molar-refractivity contribution in [1.82, 2.24) is 4.90 Å². The molecule has 1 amide bonds. The number of rotatable bonds is 4. The fourth-order valence-electron chi connectivity index (χ4n) is 4.07. The summed E-state index contributed by atoms with van der Waals surface area (Å²) in [5, 5.41) is 11.2. The first-order chi connectivity index (χ1) is 14.0. The Morgan fingerprint density at radius 2 is 1.55 bits per heavy atom. The summed E-state index contributed by atoms with van der Waals surface area (Å²) in [5.74, 6) is -0.480. The summed E-state index contributed by atoms with van der Waals surface area (Å²) in [6, 6.07) is 11.1. The third-order valence-electron chi connectivity index (χ3n) is 5.63. The maximum Gasteiger partial charge on any atom is 0.270 e. The molecule has 29 heavy (non-hydrogen) atoms. The van der Waals surface area contributed by atoms with Crippen LogP contribution in [0, 0.1) is 15.9 Å². The van der Waals surface area contributed by atoms with Gasteiger partial charge in [0.05, 0.1) is 21.9 Å². The Bertz CT molecular complexity index is 922. The molecule has 0 bridgehead atoms. The molecule has 2 saturated heterocycles. The van der Waals surface area contributed by atoms with Gasteiger partial charge in [-0.25, -0.2) is 4.39 Å². The van der Waals surface area contributed by atoms with Crippen molar-refractivity contribution in [2.24, 2.45) is 0 Å². The zero-order valence-electron chi connectivity index (χ0n) is 16.1. The number of non-ortho nitro benzene ring substituents is 1. The van der Waals surface area contributed by atoms with Gasteiger partial charge in [0.15, 0.2) is 0 Å². The quantitative estimate of drug-likeness (QED) is 0.584. The van der Waals surface area contributed by atoms with Crippen LogP contribution in [0.2, 0.25) is 0 Å². The Morgan fingerprint density at radius 1 is 0.897 bits per heavy atom. The van der Waals surface area contributed by atoms with E-state index >= 15 is 0 Å². The lowest BCUT2D eigenvalue weighted by Gasteiger charge is -2.36. The number of amides is 1. The number of carbonyl (C=O) groups excluding carboxylic acids is 1. The minimum absolute atomic E-state index is 0.0821. The van der Waals surface area contributed by atoms with Crippen molar-refractivity contribution in [3.63, 3.8) is 0 Å². The first-order valence-corrected chi connectivity index (χ1v) is 9.87. The smallest absolute Gasteiger partial charge is 0.270 e. The highest BCUT2D eigenvalue weighted by Gasteiger charge is 2.28. The normalized spacial score (nSPS) is 16.9. The lowest BCUT2D eigenvalue weighted by molar-refractivity contribution is -0.384. The molecule has 4 rings (SSSR count). The van der Waals surface area contributed by atoms with Crippen molar-refractivity contribution in [3.05, 3.63) is 64.0 Å². The van der Waals surface area contributed by atoms with E-state index in [0.29, 0.717) is 37.4 Å². The van der Waals surface area contributed by atoms with Crippen LogP contribution in [-0.2, 0) is 0 Å². The predicted molar refractivity (Wildman–Crippen MR) is 109 cm³/mol. The van der Waals surface area contributed by atoms with E-state index < -0.39 is 4.92 Å². The van der Waals surface area contributed by atoms with Gasteiger partial charge >= 0.3 is 0 Å². The SMILES string of the molecule is O=C(c1cc([N+](=O)[O-])ccc1N1CCCC1)N1CCN(c2ccccc2F)CC1. The van der Waals surface area contributed by atoms with Crippen molar-refractivity contribution < 1.29 is 14.1 Å². The van der Waals surface area contributed by atoms with Gasteiger partial charge in [-0.3, -0.25) is 14.9 Å². The Balaban J connectivity index is 1.54. The number of piperazine rings is 1. The van der Waals surface area contributed by atoms with Gasteiger partial charge < -0.3 is 14.7 Å². The Morgan fingerprint density at radius 3 is 2.21 bits per heavy atom. The molecular formula is C21H23FN4O3. The molecule has 0 aromatic heterocycles. The van der Waals surface area contributed by atoms with Crippen molar-refractivity contribution >= 4 is 23.0 Å². The monoisotopic (exact) mass is 398 g/mol. The topological polar surface area (TPSA) is 69.9 Å². The van der Waals surface area contributed by atoms with E-state index in [4.69, 9.17) is 0 Å². The standard InChI is InChI=1S/C21H23FN4O3/c22-18-5-1-2-6-20(18)24-11-13-25(14-12-24)21(27)17-15-16(26(28)29)7-8-19(17)23-9-3-4-10-23/h1-2,5-8,15H,3-4,9-14H2. The predicted octanol–water partition coefficient (Wildman–Crippen LogP) is 3.30. The van der Waals surface area contributed by atoms with Crippen LogP contribution in [0.25, 0.3) is 0 Å². The van der Waals surface area contributed by atoms with Crippen molar-refractivity contribution in [3.8, 4) is 0 Å². The maximum atomic E-state index is 14.0. The van der Waals surface area contributed by atoms with Gasteiger partial charge in [-0.2, -0.15) is 0 Å². The summed E-state index contributed by atoms with van der Waals surface area (Å²) in [5.41, 5.74) is 1.59. The molecule has 0 unspecified atom stereocenters. The molecule has 2 aromatic rings. The number of anilines is 2. The average Bonchev–Trinajstić information content (AvgIpc) is 3.28. The molecule has 152 valence electrons. The average molecular weight is 398 g/mol. The largest absolute Gasteiger partial charge is 0.371 e. The van der Waals surface area contributed by atoms with E-state index in [0.717, 1.165) is 31.6 Å². The summed E-state index contributed by atoms with van der Waals surface area (Å²) >= 11 is 0. The number of hydrogen-bond donors (Lipinski definition) is 0. The molecule has 0 spiro atoms. The Labute approximate surface area is 168 Å². The summed E-state index contributed by atoms with van der Waals surface area (Å²) in [6.45, 7) is 3.60. The summed E-state index contributed by atoms with van der Waals surface area (Å²) in [7, 11) is 0. The van der Waals surface area contributed by atoms with Gasteiger partial charge in [0.25, 0.3) is 11.6 Å². The van der Waals surface area contributed by atoms with Gasteiger partial charge in [-0.1, -0.05) is 12.1 Å². The minimum Gasteiger partial charge on any atom is -0.371 e. The van der Waals surface area contributed by atoms with Crippen LogP contribution >= 0.6 is 0 Å². The van der Waals surface area contributed by atoms with Crippen LogP contribution in [0.1, 0.15) is 23.2 Å². The third kappa shape index (κ3) is 3.87. The highest BCUT2D eigenvalue weighted by molar-refractivity contribution is 6.00. The van der Waals surface area contributed by atoms with Gasteiger partial charge in [0.1, 0.15) is 5.82 Å². The first kappa shape index (κ1) is 19.2. The molecule has 2 aliphatic heterocycles. The van der Waals surface area contributed by atoms with Crippen LogP contribution in [0.5, 0.6) is 0 Å². The van der Waals surface area contributed by atoms with E-state index in [1.54, 1.807) is 29.2 Å². The van der Waals surface area contributed by atoms with E-state index in [2.05, 4.69) is 4.90 Å². The zero-order valence-corrected chi connectivity index (χ0v) is 16.1. The molecule has 0 radical (unpaired) electrons. The fraction of sp³-hybridized carbons (Fsp3) is 0.381. The second-order valence-corrected chi connectivity index (χ2v) is 7.38. The van der Waals surface area contributed by atoms with E-state index in [-0.39, 0.29) is 17.4 Å². The van der Waals surface area contributed by atoms with Crippen LogP contribution in [0.4, 0.5) is 21.5 Å². The number of nitrogens with zero attached hydrogens (tertiary/aromatic N) is 4. The maximum absolute atomic E-state index is 14.0. The van der Waals surface area contributed by atoms with Crippen molar-refractivity contribution in [1.29, 1.82) is 0 Å². The van der Waals surface area contributed by atoms with Crippen molar-refractivity contribution in [2.45, 2.75) is 12.8 Å². The molecule has 0 saturated carbocycles. The molecule has 0 atom stereocenters. The van der Waals surface area contributed by atoms with Gasteiger partial charge in [-0.15, -0.1) is 0 Å². The molecule has 2 fully saturated rings. The summed E-state index contributed by atoms with van der Waals surface area (Å²) in [6.07, 6.45) is 2.10. The summed E-state index contributed by atoms with van der Waals surface area (Å²) in [4.78, 5) is 29.8. The van der Waals surface area contributed by atoms with E-state index in [1.807, 2.05) is 4.90 Å². The second kappa shape index (κ2) is 8.06. The molecule has 2 heterocycles. The third-order valence-corrected chi connectivity index (χ3v) is 5.63. The number of benzene rings is 2. The number of halogens is 1. The van der Waals surface area contributed by atoms with Gasteiger partial charge in [-0.05, 0) is 31.0 Å². The van der Waals surface area contributed by atoms with Crippen LogP contribution in [0.15, 0.2) is 42.5 Å².